The number of nitrogens with zero attached hydrogens (tertiary/aromatic N) is 3. The van der Waals surface area contributed by atoms with E-state index in [-0.39, 0.29) is 24.8 Å². The van der Waals surface area contributed by atoms with Crippen molar-refractivity contribution in [3.63, 3.8) is 0 Å². The summed E-state index contributed by atoms with van der Waals surface area (Å²) in [5.41, 5.74) is 8.50. The first-order valence-corrected chi connectivity index (χ1v) is 8.82. The molecule has 3 aromatic rings. The molecule has 3 heterocycles. The third-order valence-electron chi connectivity index (χ3n) is 5.35. The zero-order valence-electron chi connectivity index (χ0n) is 15.7. The molecule has 0 spiro atoms. The van der Waals surface area contributed by atoms with Gasteiger partial charge >= 0.3 is 0 Å². The van der Waals surface area contributed by atoms with Crippen molar-refractivity contribution in [2.75, 3.05) is 13.6 Å². The number of aromatic nitrogens is 2. The van der Waals surface area contributed by atoms with E-state index in [1.165, 1.54) is 38.9 Å². The number of hydrogen-bond acceptors (Lipinski definition) is 2. The van der Waals surface area contributed by atoms with Crippen molar-refractivity contribution >= 4 is 35.7 Å². The lowest BCUT2D eigenvalue weighted by atomic mass is 10.0. The van der Waals surface area contributed by atoms with Crippen molar-refractivity contribution in [3.8, 4) is 0 Å². The highest BCUT2D eigenvalue weighted by atomic mass is 35.5. The van der Waals surface area contributed by atoms with Crippen molar-refractivity contribution in [3.05, 3.63) is 64.6 Å². The number of hydrogen-bond donors (Lipinski definition) is 0. The minimum Gasteiger partial charge on any atom is -0.344 e. The third-order valence-corrected chi connectivity index (χ3v) is 5.35. The summed E-state index contributed by atoms with van der Waals surface area (Å²) < 4.78 is 2.56. The molecule has 1 aromatic carbocycles. The van der Waals surface area contributed by atoms with Gasteiger partial charge in [0.2, 0.25) is 0 Å². The second-order valence-electron chi connectivity index (χ2n) is 7.14. The summed E-state index contributed by atoms with van der Waals surface area (Å²) in [6.45, 7) is 7.61. The number of fused-ring (bicyclic) bond motifs is 3. The molecule has 5 heteroatoms. The minimum absolute atomic E-state index is 0. The molecule has 0 N–H and O–H groups in total. The van der Waals surface area contributed by atoms with Crippen LogP contribution in [0, 0.1) is 13.8 Å². The fourth-order valence-electron chi connectivity index (χ4n) is 3.94. The van der Waals surface area contributed by atoms with Crippen LogP contribution in [-0.2, 0) is 25.9 Å². The standard InChI is InChI=1S/C21H25N3.2ClH/c1-15-4-5-20-18(12-15)19-14-23(3)10-8-21(19)24(20)11-7-17-13-22-9-6-16(17)2;;/h4-6,9,12-13H,7-8,10-11,14H2,1-3H3;2*1H. The van der Waals surface area contributed by atoms with Crippen LogP contribution >= 0.6 is 24.8 Å². The average Bonchev–Trinajstić information content (AvgIpc) is 2.87. The second-order valence-corrected chi connectivity index (χ2v) is 7.14. The van der Waals surface area contributed by atoms with E-state index in [1.807, 2.05) is 12.4 Å². The van der Waals surface area contributed by atoms with Crippen LogP contribution in [0.25, 0.3) is 10.9 Å². The van der Waals surface area contributed by atoms with Gasteiger partial charge in [0.05, 0.1) is 0 Å². The number of halogens is 2. The lowest BCUT2D eigenvalue weighted by Crippen LogP contribution is -2.27. The quantitative estimate of drug-likeness (QED) is 0.643. The highest BCUT2D eigenvalue weighted by Crippen LogP contribution is 2.31. The van der Waals surface area contributed by atoms with Gasteiger partial charge in [-0.25, -0.2) is 0 Å². The van der Waals surface area contributed by atoms with E-state index >= 15 is 0 Å². The van der Waals surface area contributed by atoms with Gasteiger partial charge in [0.15, 0.2) is 0 Å². The Morgan fingerprint density at radius 1 is 1.12 bits per heavy atom. The molecule has 0 fully saturated rings. The van der Waals surface area contributed by atoms with Crippen LogP contribution in [0.3, 0.4) is 0 Å². The van der Waals surface area contributed by atoms with Crippen LogP contribution in [0.1, 0.15) is 27.9 Å². The fourth-order valence-corrected chi connectivity index (χ4v) is 3.94. The molecular weight excluding hydrogens is 365 g/mol. The van der Waals surface area contributed by atoms with E-state index in [0.717, 1.165) is 32.5 Å². The van der Waals surface area contributed by atoms with Crippen LogP contribution in [-0.4, -0.2) is 28.0 Å². The molecule has 1 aliphatic heterocycles. The molecule has 0 bridgehead atoms. The van der Waals surface area contributed by atoms with Gasteiger partial charge in [-0.15, -0.1) is 24.8 Å². The first-order valence-electron chi connectivity index (χ1n) is 8.82. The van der Waals surface area contributed by atoms with Crippen molar-refractivity contribution < 1.29 is 0 Å². The lowest BCUT2D eigenvalue weighted by molar-refractivity contribution is 0.309. The Bertz CT molecular complexity index is 902. The van der Waals surface area contributed by atoms with Crippen molar-refractivity contribution in [1.82, 2.24) is 14.5 Å². The van der Waals surface area contributed by atoms with Crippen molar-refractivity contribution in [2.45, 2.75) is 39.8 Å². The number of aryl methyl sites for hydroxylation is 4. The molecule has 2 aromatic heterocycles. The molecule has 1 aliphatic rings. The third kappa shape index (κ3) is 3.75. The molecule has 0 atom stereocenters. The summed E-state index contributed by atoms with van der Waals surface area (Å²) in [7, 11) is 2.22. The predicted octanol–water partition coefficient (Wildman–Crippen LogP) is 4.73. The van der Waals surface area contributed by atoms with Gasteiger partial charge in [-0.1, -0.05) is 11.6 Å². The van der Waals surface area contributed by atoms with Crippen LogP contribution in [0.4, 0.5) is 0 Å². The van der Waals surface area contributed by atoms with Crippen LogP contribution in [0.2, 0.25) is 0 Å². The van der Waals surface area contributed by atoms with Crippen molar-refractivity contribution in [1.29, 1.82) is 0 Å². The largest absolute Gasteiger partial charge is 0.344 e. The molecule has 140 valence electrons. The van der Waals surface area contributed by atoms with Gasteiger partial charge in [-0.3, -0.25) is 4.98 Å². The molecule has 0 unspecified atom stereocenters. The Morgan fingerprint density at radius 2 is 1.92 bits per heavy atom. The maximum Gasteiger partial charge on any atom is 0.0486 e. The lowest BCUT2D eigenvalue weighted by Gasteiger charge is -2.24. The van der Waals surface area contributed by atoms with Gasteiger partial charge < -0.3 is 9.47 Å². The molecule has 3 nitrogen and oxygen atoms in total. The van der Waals surface area contributed by atoms with Gasteiger partial charge in [0.1, 0.15) is 0 Å². The maximum atomic E-state index is 4.30. The number of pyridine rings is 1. The molecule has 0 saturated heterocycles. The Balaban J connectivity index is 0.00000121. The molecule has 0 aliphatic carbocycles. The van der Waals surface area contributed by atoms with E-state index in [1.54, 1.807) is 0 Å². The SMILES string of the molecule is Cc1ccc2c(c1)c1c(n2CCc2cnccc2C)CCN(C)C1.Cl.Cl. The highest BCUT2D eigenvalue weighted by Gasteiger charge is 2.22. The van der Waals surface area contributed by atoms with Crippen LogP contribution in [0.15, 0.2) is 36.7 Å². The van der Waals surface area contributed by atoms with Gasteiger partial charge in [-0.2, -0.15) is 0 Å². The Labute approximate surface area is 168 Å². The second kappa shape index (κ2) is 8.43. The smallest absolute Gasteiger partial charge is 0.0486 e. The summed E-state index contributed by atoms with van der Waals surface area (Å²) in [6, 6.07) is 9.01. The van der Waals surface area contributed by atoms with E-state index in [2.05, 4.69) is 59.6 Å². The summed E-state index contributed by atoms with van der Waals surface area (Å²) in [5.74, 6) is 0. The molecule has 0 amide bonds. The minimum atomic E-state index is 0. The summed E-state index contributed by atoms with van der Waals surface area (Å²) >= 11 is 0. The first kappa shape index (κ1) is 20.8. The zero-order valence-corrected chi connectivity index (χ0v) is 17.3. The zero-order chi connectivity index (χ0) is 16.7. The number of rotatable bonds is 3. The Kier molecular flexibility index (Phi) is 6.73. The van der Waals surface area contributed by atoms with Crippen LogP contribution in [0.5, 0.6) is 0 Å². The molecule has 4 rings (SSSR count). The van der Waals surface area contributed by atoms with Crippen molar-refractivity contribution in [2.24, 2.45) is 0 Å². The molecular formula is C21H27Cl2N3. The predicted molar refractivity (Wildman–Crippen MR) is 114 cm³/mol. The summed E-state index contributed by atoms with van der Waals surface area (Å²) in [6.07, 6.45) is 6.08. The Morgan fingerprint density at radius 3 is 2.69 bits per heavy atom. The summed E-state index contributed by atoms with van der Waals surface area (Å²) in [4.78, 5) is 6.73. The summed E-state index contributed by atoms with van der Waals surface area (Å²) in [5, 5.41) is 1.44. The van der Waals surface area contributed by atoms with E-state index < -0.39 is 0 Å². The van der Waals surface area contributed by atoms with Gasteiger partial charge in [-0.05, 0) is 62.2 Å². The number of benzene rings is 1. The molecule has 0 radical (unpaired) electrons. The average molecular weight is 392 g/mol. The van der Waals surface area contributed by atoms with Gasteiger partial charge in [0, 0.05) is 55.0 Å². The van der Waals surface area contributed by atoms with Crippen LogP contribution < -0.4 is 0 Å². The highest BCUT2D eigenvalue weighted by molar-refractivity contribution is 5.86. The Hall–Kier alpha value is -1.55. The number of likely N-dealkylation sites (N-methyl/N-ethyl adjacent to an activating group) is 1. The fraction of sp³-hybridized carbons (Fsp3) is 0.381. The first-order chi connectivity index (χ1) is 11.6. The normalized spacial score (nSPS) is 13.8. The molecule has 26 heavy (non-hydrogen) atoms. The van der Waals surface area contributed by atoms with Gasteiger partial charge in [0.25, 0.3) is 0 Å². The maximum absolute atomic E-state index is 4.30. The van der Waals surface area contributed by atoms with E-state index in [0.29, 0.717) is 0 Å². The topological polar surface area (TPSA) is 21.1 Å². The monoisotopic (exact) mass is 391 g/mol. The molecule has 0 saturated carbocycles. The van der Waals surface area contributed by atoms with E-state index in [4.69, 9.17) is 0 Å². The van der Waals surface area contributed by atoms with E-state index in [9.17, 15) is 0 Å².